The molecular weight excluding hydrogens is 829 g/mol. The molecule has 6 heteroatoms. The zero-order valence-electron chi connectivity index (χ0n) is 44.7. The van der Waals surface area contributed by atoms with Crippen molar-refractivity contribution in [2.45, 2.75) is 309 Å². The molecule has 0 aromatic carbocycles. The number of ether oxygens (including phenoxy) is 3. The number of esters is 3. The fourth-order valence-electron chi connectivity index (χ4n) is 8.45. The van der Waals surface area contributed by atoms with Crippen molar-refractivity contribution in [2.24, 2.45) is 0 Å². The SMILES string of the molecule is CC/C=C\C/C=C\C/C=C\CCCCCC(=O)OCC(COC(=O)CCCCCCCCCCCCCCCCCCCCCC)OC(=O)CCCCCCC/C=C\CCCCCCCCC. The Kier molecular flexibility index (Phi) is 53.8. The number of hydrogen-bond donors (Lipinski definition) is 0. The first kappa shape index (κ1) is 64.4. The second-order valence-corrected chi connectivity index (χ2v) is 19.5. The largest absolute Gasteiger partial charge is 0.462 e. The van der Waals surface area contributed by atoms with Crippen molar-refractivity contribution < 1.29 is 28.6 Å². The predicted molar refractivity (Wildman–Crippen MR) is 289 cm³/mol. The van der Waals surface area contributed by atoms with Crippen LogP contribution in [0.4, 0.5) is 0 Å². The van der Waals surface area contributed by atoms with E-state index >= 15 is 0 Å². The number of allylic oxidation sites excluding steroid dienone is 8. The highest BCUT2D eigenvalue weighted by atomic mass is 16.6. The first-order chi connectivity index (χ1) is 33.0. The van der Waals surface area contributed by atoms with Crippen LogP contribution in [0.3, 0.4) is 0 Å². The van der Waals surface area contributed by atoms with Crippen LogP contribution in [-0.4, -0.2) is 37.2 Å². The van der Waals surface area contributed by atoms with Gasteiger partial charge in [-0.25, -0.2) is 0 Å². The van der Waals surface area contributed by atoms with Crippen LogP contribution in [0, 0.1) is 0 Å². The molecule has 0 rings (SSSR count). The normalized spacial score (nSPS) is 12.3. The van der Waals surface area contributed by atoms with Crippen molar-refractivity contribution in [3.05, 3.63) is 48.6 Å². The average Bonchev–Trinajstić information content (AvgIpc) is 3.33. The van der Waals surface area contributed by atoms with E-state index in [9.17, 15) is 14.4 Å². The van der Waals surface area contributed by atoms with Crippen LogP contribution in [0.5, 0.6) is 0 Å². The van der Waals surface area contributed by atoms with Gasteiger partial charge in [0, 0.05) is 19.3 Å². The summed E-state index contributed by atoms with van der Waals surface area (Å²) in [7, 11) is 0. The van der Waals surface area contributed by atoms with Gasteiger partial charge in [-0.3, -0.25) is 14.4 Å². The zero-order valence-corrected chi connectivity index (χ0v) is 44.7. The molecule has 0 aliphatic carbocycles. The van der Waals surface area contributed by atoms with Gasteiger partial charge in [-0.2, -0.15) is 0 Å². The molecule has 0 aliphatic heterocycles. The zero-order chi connectivity index (χ0) is 48.6. The smallest absolute Gasteiger partial charge is 0.306 e. The van der Waals surface area contributed by atoms with Gasteiger partial charge in [-0.1, -0.05) is 256 Å². The Morgan fingerprint density at radius 2 is 0.582 bits per heavy atom. The molecule has 0 radical (unpaired) electrons. The number of hydrogen-bond acceptors (Lipinski definition) is 6. The van der Waals surface area contributed by atoms with Gasteiger partial charge in [0.25, 0.3) is 0 Å². The van der Waals surface area contributed by atoms with Gasteiger partial charge >= 0.3 is 17.9 Å². The molecule has 67 heavy (non-hydrogen) atoms. The minimum atomic E-state index is -0.787. The second kappa shape index (κ2) is 56.0. The van der Waals surface area contributed by atoms with Gasteiger partial charge in [0.15, 0.2) is 6.10 Å². The summed E-state index contributed by atoms with van der Waals surface area (Å²) in [4.78, 5) is 38.1. The summed E-state index contributed by atoms with van der Waals surface area (Å²) >= 11 is 0. The van der Waals surface area contributed by atoms with Crippen molar-refractivity contribution in [3.8, 4) is 0 Å². The maximum atomic E-state index is 12.8. The molecule has 0 amide bonds. The fourth-order valence-corrected chi connectivity index (χ4v) is 8.45. The molecular formula is C61H110O6. The van der Waals surface area contributed by atoms with Gasteiger partial charge in [0.1, 0.15) is 13.2 Å². The summed E-state index contributed by atoms with van der Waals surface area (Å²) in [6.07, 6.45) is 68.2. The van der Waals surface area contributed by atoms with E-state index in [1.165, 1.54) is 167 Å². The predicted octanol–water partition coefficient (Wildman–Crippen LogP) is 19.4. The highest BCUT2D eigenvalue weighted by Gasteiger charge is 2.19. The molecule has 0 bridgehead atoms. The van der Waals surface area contributed by atoms with Crippen LogP contribution in [-0.2, 0) is 28.6 Å². The summed E-state index contributed by atoms with van der Waals surface area (Å²) in [5, 5.41) is 0. The Bertz CT molecular complexity index is 1170. The van der Waals surface area contributed by atoms with Crippen LogP contribution in [0.1, 0.15) is 303 Å². The summed E-state index contributed by atoms with van der Waals surface area (Å²) in [5.41, 5.74) is 0. The van der Waals surface area contributed by atoms with Crippen molar-refractivity contribution in [3.63, 3.8) is 0 Å². The Hall–Kier alpha value is -2.63. The molecule has 0 heterocycles. The van der Waals surface area contributed by atoms with Crippen LogP contribution < -0.4 is 0 Å². The van der Waals surface area contributed by atoms with E-state index in [-0.39, 0.29) is 31.1 Å². The summed E-state index contributed by atoms with van der Waals surface area (Å²) in [6, 6.07) is 0. The topological polar surface area (TPSA) is 78.9 Å². The highest BCUT2D eigenvalue weighted by molar-refractivity contribution is 5.71. The van der Waals surface area contributed by atoms with Gasteiger partial charge < -0.3 is 14.2 Å². The second-order valence-electron chi connectivity index (χ2n) is 19.5. The molecule has 0 aromatic rings. The fraction of sp³-hybridized carbons (Fsp3) is 0.820. The lowest BCUT2D eigenvalue weighted by atomic mass is 10.0. The first-order valence-electron chi connectivity index (χ1n) is 29.1. The summed E-state index contributed by atoms with van der Waals surface area (Å²) in [6.45, 7) is 6.53. The van der Waals surface area contributed by atoms with E-state index in [0.717, 1.165) is 96.3 Å². The van der Waals surface area contributed by atoms with Crippen LogP contribution in [0.15, 0.2) is 48.6 Å². The van der Waals surface area contributed by atoms with Crippen molar-refractivity contribution >= 4 is 17.9 Å². The lowest BCUT2D eigenvalue weighted by Crippen LogP contribution is -2.30. The lowest BCUT2D eigenvalue weighted by Gasteiger charge is -2.18. The molecule has 6 nitrogen and oxygen atoms in total. The molecule has 0 N–H and O–H groups in total. The number of rotatable bonds is 53. The van der Waals surface area contributed by atoms with E-state index in [1.54, 1.807) is 0 Å². The van der Waals surface area contributed by atoms with Crippen molar-refractivity contribution in [2.75, 3.05) is 13.2 Å². The molecule has 390 valence electrons. The standard InChI is InChI=1S/C61H110O6/c1-4-7-10-13-16-19-22-25-27-29-30-31-32-34-36-39-42-45-48-51-54-60(63)66-57-58(56-65-59(62)53-50-47-44-41-38-35-24-21-18-15-12-9-6-3)67-61(64)55-52-49-46-43-40-37-33-28-26-23-20-17-14-11-8-5-2/h9,12,18,21,28,33,35,38,58H,4-8,10-11,13-17,19-20,22-27,29-32,34,36-37,39-57H2,1-3H3/b12-9-,21-18-,33-28-,38-35-. The minimum Gasteiger partial charge on any atom is -0.462 e. The molecule has 0 fully saturated rings. The third-order valence-corrected chi connectivity index (χ3v) is 12.8. The van der Waals surface area contributed by atoms with E-state index < -0.39 is 6.10 Å². The molecule has 0 aliphatic rings. The summed E-state index contributed by atoms with van der Waals surface area (Å²) in [5.74, 6) is -0.907. The first-order valence-corrected chi connectivity index (χ1v) is 29.1. The average molecular weight is 940 g/mol. The molecule has 0 aromatic heterocycles. The third-order valence-electron chi connectivity index (χ3n) is 12.8. The number of carbonyl (C=O) groups excluding carboxylic acids is 3. The molecule has 0 spiro atoms. The van der Waals surface area contributed by atoms with E-state index in [0.29, 0.717) is 19.3 Å². The van der Waals surface area contributed by atoms with E-state index in [1.807, 2.05) is 0 Å². The van der Waals surface area contributed by atoms with E-state index in [2.05, 4.69) is 69.4 Å². The maximum absolute atomic E-state index is 12.8. The molecule has 1 atom stereocenters. The van der Waals surface area contributed by atoms with Crippen molar-refractivity contribution in [1.82, 2.24) is 0 Å². The van der Waals surface area contributed by atoms with Gasteiger partial charge in [0.2, 0.25) is 0 Å². The monoisotopic (exact) mass is 939 g/mol. The van der Waals surface area contributed by atoms with Gasteiger partial charge in [0.05, 0.1) is 0 Å². The highest BCUT2D eigenvalue weighted by Crippen LogP contribution is 2.17. The van der Waals surface area contributed by atoms with Gasteiger partial charge in [-0.05, 0) is 77.0 Å². The number of carbonyl (C=O) groups is 3. The quantitative estimate of drug-likeness (QED) is 0.0262. The Balaban J connectivity index is 4.34. The van der Waals surface area contributed by atoms with Crippen molar-refractivity contribution in [1.29, 1.82) is 0 Å². The number of unbranched alkanes of at least 4 members (excludes halogenated alkanes) is 34. The minimum absolute atomic E-state index is 0.0829. The van der Waals surface area contributed by atoms with Gasteiger partial charge in [-0.15, -0.1) is 0 Å². The van der Waals surface area contributed by atoms with Crippen LogP contribution >= 0.6 is 0 Å². The lowest BCUT2D eigenvalue weighted by molar-refractivity contribution is -0.167. The van der Waals surface area contributed by atoms with Crippen LogP contribution in [0.25, 0.3) is 0 Å². The Morgan fingerprint density at radius 3 is 0.940 bits per heavy atom. The molecule has 1 unspecified atom stereocenters. The van der Waals surface area contributed by atoms with Crippen LogP contribution in [0.2, 0.25) is 0 Å². The Labute approximate surface area is 416 Å². The third kappa shape index (κ3) is 54.2. The summed E-state index contributed by atoms with van der Waals surface area (Å²) < 4.78 is 16.8. The molecule has 0 saturated carbocycles. The Morgan fingerprint density at radius 1 is 0.313 bits per heavy atom. The maximum Gasteiger partial charge on any atom is 0.306 e. The van der Waals surface area contributed by atoms with E-state index in [4.69, 9.17) is 14.2 Å². The molecule has 0 saturated heterocycles.